The van der Waals surface area contributed by atoms with Crippen LogP contribution >= 0.6 is 11.6 Å². The number of benzene rings is 2. The monoisotopic (exact) mass is 355 g/mol. The number of anilines is 1. The Morgan fingerprint density at radius 3 is 2.84 bits per heavy atom. The molecule has 0 aliphatic rings. The summed E-state index contributed by atoms with van der Waals surface area (Å²) < 4.78 is 5.84. The van der Waals surface area contributed by atoms with Gasteiger partial charge >= 0.3 is 5.69 Å². The highest BCUT2D eigenvalue weighted by atomic mass is 35.5. The molecule has 0 bridgehead atoms. The molecule has 3 aromatic rings. The summed E-state index contributed by atoms with van der Waals surface area (Å²) in [7, 11) is 0. The van der Waals surface area contributed by atoms with Gasteiger partial charge in [-0.1, -0.05) is 41.9 Å². The normalized spacial score (nSPS) is 10.8. The van der Waals surface area contributed by atoms with Gasteiger partial charge in [-0.05, 0) is 18.2 Å². The molecule has 0 aliphatic heterocycles. The van der Waals surface area contributed by atoms with Gasteiger partial charge in [0.25, 0.3) is 0 Å². The van der Waals surface area contributed by atoms with Crippen LogP contribution in [0.15, 0.2) is 64.6 Å². The van der Waals surface area contributed by atoms with Gasteiger partial charge in [-0.25, -0.2) is 9.89 Å². The van der Waals surface area contributed by atoms with Crippen LogP contribution in [0.25, 0.3) is 0 Å². The summed E-state index contributed by atoms with van der Waals surface area (Å²) in [5, 5.41) is 10.5. The number of H-pyrrole nitrogens is 1. The number of aromatic amines is 1. The molecule has 0 radical (unpaired) electrons. The van der Waals surface area contributed by atoms with E-state index in [9.17, 15) is 4.79 Å². The van der Waals surface area contributed by atoms with E-state index in [-0.39, 0.29) is 5.82 Å². The van der Waals surface area contributed by atoms with Crippen molar-refractivity contribution in [2.75, 3.05) is 5.43 Å². The zero-order valence-electron chi connectivity index (χ0n) is 13.0. The number of nitrogens with one attached hydrogen (secondary N) is 2. The lowest BCUT2D eigenvalue weighted by atomic mass is 10.2. The number of rotatable bonds is 6. The summed E-state index contributed by atoms with van der Waals surface area (Å²) >= 11 is 6.14. The Hall–Kier alpha value is -3.19. The lowest BCUT2D eigenvalue weighted by Crippen LogP contribution is -2.13. The van der Waals surface area contributed by atoms with Crippen LogP contribution in [0.3, 0.4) is 0 Å². The van der Waals surface area contributed by atoms with Gasteiger partial charge in [0.05, 0.1) is 12.4 Å². The SMILES string of the molecule is O=c1nc(N/N=C/c2ccccc2OCc2ccccc2Cl)cn[nH]1. The molecule has 3 rings (SSSR count). The zero-order valence-corrected chi connectivity index (χ0v) is 13.8. The Balaban J connectivity index is 1.69. The first-order valence-corrected chi connectivity index (χ1v) is 7.76. The van der Waals surface area contributed by atoms with Crippen LogP contribution < -0.4 is 15.9 Å². The highest BCUT2D eigenvalue weighted by Crippen LogP contribution is 2.20. The van der Waals surface area contributed by atoms with Crippen molar-refractivity contribution < 1.29 is 4.74 Å². The van der Waals surface area contributed by atoms with Crippen LogP contribution in [-0.4, -0.2) is 21.4 Å². The molecule has 0 aliphatic carbocycles. The fraction of sp³-hybridized carbons (Fsp3) is 0.0588. The van der Waals surface area contributed by atoms with Crippen LogP contribution in [-0.2, 0) is 6.61 Å². The Morgan fingerprint density at radius 2 is 2.00 bits per heavy atom. The summed E-state index contributed by atoms with van der Waals surface area (Å²) in [6.45, 7) is 0.345. The molecule has 0 unspecified atom stereocenters. The minimum Gasteiger partial charge on any atom is -0.488 e. The number of aromatic nitrogens is 3. The predicted molar refractivity (Wildman–Crippen MR) is 96.1 cm³/mol. The van der Waals surface area contributed by atoms with Crippen LogP contribution in [0.2, 0.25) is 5.02 Å². The number of halogens is 1. The first-order valence-electron chi connectivity index (χ1n) is 7.38. The van der Waals surface area contributed by atoms with Gasteiger partial charge in [-0.3, -0.25) is 5.43 Å². The van der Waals surface area contributed by atoms with Crippen LogP contribution in [0.4, 0.5) is 5.82 Å². The average molecular weight is 356 g/mol. The molecule has 2 N–H and O–H groups in total. The molecule has 2 aromatic carbocycles. The fourth-order valence-electron chi connectivity index (χ4n) is 2.02. The molecule has 0 atom stereocenters. The summed E-state index contributed by atoms with van der Waals surface area (Å²) in [6, 6.07) is 14.9. The minimum absolute atomic E-state index is 0.245. The molecule has 0 amide bonds. The van der Waals surface area contributed by atoms with Gasteiger partial charge < -0.3 is 4.74 Å². The zero-order chi connectivity index (χ0) is 17.5. The summed E-state index contributed by atoms with van der Waals surface area (Å²) in [5.41, 5.74) is 3.75. The predicted octanol–water partition coefficient (Wildman–Crippen LogP) is 2.84. The number of nitrogens with zero attached hydrogens (tertiary/aromatic N) is 3. The van der Waals surface area contributed by atoms with E-state index < -0.39 is 5.69 Å². The Labute approximate surface area is 148 Å². The molecule has 0 saturated carbocycles. The van der Waals surface area contributed by atoms with Crippen molar-refractivity contribution in [2.45, 2.75) is 6.61 Å². The largest absolute Gasteiger partial charge is 0.488 e. The second kappa shape index (κ2) is 8.07. The van der Waals surface area contributed by atoms with Crippen molar-refractivity contribution >= 4 is 23.6 Å². The third kappa shape index (κ3) is 4.65. The van der Waals surface area contributed by atoms with E-state index in [4.69, 9.17) is 16.3 Å². The lowest BCUT2D eigenvalue weighted by Gasteiger charge is -2.10. The molecule has 0 spiro atoms. The topological polar surface area (TPSA) is 92.3 Å². The quantitative estimate of drug-likeness (QED) is 0.524. The maximum Gasteiger partial charge on any atom is 0.363 e. The van der Waals surface area contributed by atoms with Crippen molar-refractivity contribution in [1.29, 1.82) is 0 Å². The van der Waals surface area contributed by atoms with Gasteiger partial charge in [0, 0.05) is 16.1 Å². The fourth-order valence-corrected chi connectivity index (χ4v) is 2.21. The first kappa shape index (κ1) is 16.7. The van der Waals surface area contributed by atoms with Gasteiger partial charge in [0.15, 0.2) is 5.82 Å². The Morgan fingerprint density at radius 1 is 1.20 bits per heavy atom. The van der Waals surface area contributed by atoms with E-state index >= 15 is 0 Å². The number of hydrogen-bond acceptors (Lipinski definition) is 6. The second-order valence-corrected chi connectivity index (χ2v) is 5.37. The molecule has 25 heavy (non-hydrogen) atoms. The third-order valence-electron chi connectivity index (χ3n) is 3.21. The van der Waals surface area contributed by atoms with Crippen LogP contribution in [0.5, 0.6) is 5.75 Å². The van der Waals surface area contributed by atoms with E-state index in [0.29, 0.717) is 17.4 Å². The van der Waals surface area contributed by atoms with E-state index in [1.165, 1.54) is 6.20 Å². The standard InChI is InChI=1S/C17H14ClN5O2/c18-14-7-3-1-6-13(14)11-25-15-8-4-2-5-12(15)9-19-22-16-10-20-23-17(24)21-16/h1-10H,11H2,(H2,21,22,23,24)/b19-9+. The maximum absolute atomic E-state index is 11.1. The molecule has 1 aromatic heterocycles. The molecule has 0 saturated heterocycles. The summed E-state index contributed by atoms with van der Waals surface area (Å²) in [6.07, 6.45) is 2.93. The van der Waals surface area contributed by atoms with E-state index in [1.54, 1.807) is 6.21 Å². The van der Waals surface area contributed by atoms with Crippen molar-refractivity contribution in [2.24, 2.45) is 5.10 Å². The van der Waals surface area contributed by atoms with Crippen molar-refractivity contribution in [3.05, 3.63) is 81.4 Å². The van der Waals surface area contributed by atoms with E-state index in [2.05, 4.69) is 25.7 Å². The smallest absolute Gasteiger partial charge is 0.363 e. The molecule has 0 fully saturated rings. The first-order chi connectivity index (χ1) is 12.2. The molecule has 8 heteroatoms. The Bertz CT molecular complexity index is 942. The number of ether oxygens (including phenoxy) is 1. The van der Waals surface area contributed by atoms with Gasteiger partial charge in [-0.15, -0.1) is 0 Å². The van der Waals surface area contributed by atoms with Gasteiger partial charge in [0.1, 0.15) is 12.4 Å². The number of hydrogen-bond donors (Lipinski definition) is 2. The van der Waals surface area contributed by atoms with Gasteiger partial charge in [0.2, 0.25) is 0 Å². The minimum atomic E-state index is -0.552. The van der Waals surface area contributed by atoms with E-state index in [1.807, 2.05) is 48.5 Å². The van der Waals surface area contributed by atoms with Gasteiger partial charge in [-0.2, -0.15) is 15.2 Å². The van der Waals surface area contributed by atoms with Crippen LogP contribution in [0, 0.1) is 0 Å². The Kier molecular flexibility index (Phi) is 5.38. The number of para-hydroxylation sites is 1. The van der Waals surface area contributed by atoms with E-state index in [0.717, 1.165) is 11.1 Å². The number of hydrazone groups is 1. The summed E-state index contributed by atoms with van der Waals surface area (Å²) in [5.74, 6) is 0.902. The molecule has 126 valence electrons. The molecular formula is C17H14ClN5O2. The van der Waals surface area contributed by atoms with Crippen molar-refractivity contribution in [3.63, 3.8) is 0 Å². The summed E-state index contributed by atoms with van der Waals surface area (Å²) in [4.78, 5) is 14.7. The lowest BCUT2D eigenvalue weighted by molar-refractivity contribution is 0.306. The molecule has 7 nitrogen and oxygen atoms in total. The highest BCUT2D eigenvalue weighted by molar-refractivity contribution is 6.31. The van der Waals surface area contributed by atoms with Crippen LogP contribution in [0.1, 0.15) is 11.1 Å². The average Bonchev–Trinajstić information content (AvgIpc) is 2.62. The maximum atomic E-state index is 11.1. The molecule has 1 heterocycles. The van der Waals surface area contributed by atoms with Crippen molar-refractivity contribution in [3.8, 4) is 5.75 Å². The highest BCUT2D eigenvalue weighted by Gasteiger charge is 2.04. The molecular weight excluding hydrogens is 342 g/mol. The second-order valence-electron chi connectivity index (χ2n) is 4.96. The third-order valence-corrected chi connectivity index (χ3v) is 3.58. The van der Waals surface area contributed by atoms with Crippen molar-refractivity contribution in [1.82, 2.24) is 15.2 Å².